The van der Waals surface area contributed by atoms with E-state index in [1.807, 2.05) is 13.8 Å². The van der Waals surface area contributed by atoms with Gasteiger partial charge in [0.2, 0.25) is 0 Å². The van der Waals surface area contributed by atoms with E-state index >= 15 is 0 Å². The number of ketones is 1. The summed E-state index contributed by atoms with van der Waals surface area (Å²) >= 11 is 1.48. The van der Waals surface area contributed by atoms with Crippen LogP contribution in [0.2, 0.25) is 0 Å². The summed E-state index contributed by atoms with van der Waals surface area (Å²) in [6.45, 7) is 7.06. The smallest absolute Gasteiger partial charge is 0.262 e. The number of aryl methyl sites for hydroxylation is 4. The summed E-state index contributed by atoms with van der Waals surface area (Å²) in [7, 11) is 0. The van der Waals surface area contributed by atoms with Crippen LogP contribution >= 0.6 is 11.3 Å². The van der Waals surface area contributed by atoms with Gasteiger partial charge in [-0.3, -0.25) is 14.2 Å². The number of nitrogens with zero attached hydrogens (tertiary/aromatic N) is 2. The molecular weight excluding hydrogens is 327 g/mol. The highest BCUT2D eigenvalue weighted by Crippen LogP contribution is 2.26. The standard InChI is InChI=1S/C18H17FN2O2S/c1-9-7-13(5-6-14(9)19)15(22)8-21-12(4)20-17-16(18(21)23)10(2)11(3)24-17/h5-7H,8H2,1-4H3. The van der Waals surface area contributed by atoms with Crippen molar-refractivity contribution >= 4 is 27.3 Å². The third-order valence-electron chi connectivity index (χ3n) is 4.26. The van der Waals surface area contributed by atoms with Gasteiger partial charge >= 0.3 is 0 Å². The Bertz CT molecular complexity index is 1030. The summed E-state index contributed by atoms with van der Waals surface area (Å²) in [4.78, 5) is 31.5. The van der Waals surface area contributed by atoms with E-state index in [0.717, 1.165) is 10.4 Å². The summed E-state index contributed by atoms with van der Waals surface area (Å²) in [5, 5.41) is 0.575. The molecule has 0 aliphatic heterocycles. The zero-order valence-electron chi connectivity index (χ0n) is 13.9. The molecule has 0 unspecified atom stereocenters. The van der Waals surface area contributed by atoms with Gasteiger partial charge in [-0.2, -0.15) is 0 Å². The largest absolute Gasteiger partial charge is 0.292 e. The lowest BCUT2D eigenvalue weighted by atomic mass is 10.1. The van der Waals surface area contributed by atoms with Crippen molar-refractivity contribution in [1.29, 1.82) is 0 Å². The highest BCUT2D eigenvalue weighted by atomic mass is 32.1. The molecule has 0 fully saturated rings. The van der Waals surface area contributed by atoms with Crippen LogP contribution in [-0.4, -0.2) is 15.3 Å². The zero-order valence-corrected chi connectivity index (χ0v) is 14.8. The maximum absolute atomic E-state index is 13.4. The number of carbonyl (C=O) groups excluding carboxylic acids is 1. The molecule has 0 N–H and O–H groups in total. The molecule has 2 heterocycles. The Kier molecular flexibility index (Phi) is 4.09. The number of hydrogen-bond acceptors (Lipinski definition) is 4. The van der Waals surface area contributed by atoms with Crippen molar-refractivity contribution in [3.8, 4) is 0 Å². The molecule has 0 aliphatic carbocycles. The molecule has 0 atom stereocenters. The zero-order chi connectivity index (χ0) is 17.6. The fourth-order valence-corrected chi connectivity index (χ4v) is 3.73. The summed E-state index contributed by atoms with van der Waals surface area (Å²) in [6, 6.07) is 4.22. The van der Waals surface area contributed by atoms with Crippen molar-refractivity contribution in [1.82, 2.24) is 9.55 Å². The molecule has 0 amide bonds. The number of halogens is 1. The lowest BCUT2D eigenvalue weighted by molar-refractivity contribution is 0.0969. The van der Waals surface area contributed by atoms with E-state index in [0.29, 0.717) is 27.2 Å². The molecule has 0 radical (unpaired) electrons. The van der Waals surface area contributed by atoms with Crippen molar-refractivity contribution in [3.05, 3.63) is 61.8 Å². The van der Waals surface area contributed by atoms with E-state index in [2.05, 4.69) is 4.98 Å². The van der Waals surface area contributed by atoms with Gasteiger partial charge in [-0.05, 0) is 57.0 Å². The summed E-state index contributed by atoms with van der Waals surface area (Å²) in [6.07, 6.45) is 0. The predicted octanol–water partition coefficient (Wildman–Crippen LogP) is 3.71. The number of benzene rings is 1. The van der Waals surface area contributed by atoms with E-state index in [1.165, 1.54) is 34.1 Å². The molecule has 2 aromatic heterocycles. The van der Waals surface area contributed by atoms with Gasteiger partial charge in [-0.25, -0.2) is 9.37 Å². The minimum atomic E-state index is -0.354. The fraction of sp³-hybridized carbons (Fsp3) is 0.278. The fourth-order valence-electron chi connectivity index (χ4n) is 2.67. The van der Waals surface area contributed by atoms with Gasteiger partial charge in [-0.15, -0.1) is 11.3 Å². The summed E-state index contributed by atoms with van der Waals surface area (Å²) < 4.78 is 14.8. The topological polar surface area (TPSA) is 52.0 Å². The molecule has 0 bridgehead atoms. The van der Waals surface area contributed by atoms with Crippen molar-refractivity contribution in [2.24, 2.45) is 0 Å². The molecule has 24 heavy (non-hydrogen) atoms. The maximum Gasteiger partial charge on any atom is 0.262 e. The normalized spacial score (nSPS) is 11.2. The van der Waals surface area contributed by atoms with E-state index in [4.69, 9.17) is 0 Å². The Balaban J connectivity index is 2.06. The van der Waals surface area contributed by atoms with Gasteiger partial charge < -0.3 is 0 Å². The highest BCUT2D eigenvalue weighted by Gasteiger charge is 2.17. The first-order chi connectivity index (χ1) is 11.3. The van der Waals surface area contributed by atoms with Gasteiger partial charge in [0.05, 0.1) is 11.9 Å². The Morgan fingerprint density at radius 1 is 1.25 bits per heavy atom. The quantitative estimate of drug-likeness (QED) is 0.681. The third kappa shape index (κ3) is 2.67. The molecule has 124 valence electrons. The maximum atomic E-state index is 13.4. The first kappa shape index (κ1) is 16.5. The molecule has 0 aliphatic rings. The predicted molar refractivity (Wildman–Crippen MR) is 93.6 cm³/mol. The average molecular weight is 344 g/mol. The average Bonchev–Trinajstić information content (AvgIpc) is 2.80. The Hall–Kier alpha value is -2.34. The van der Waals surface area contributed by atoms with Crippen LogP contribution in [0.25, 0.3) is 10.2 Å². The minimum absolute atomic E-state index is 0.104. The van der Waals surface area contributed by atoms with Crippen LogP contribution in [0.15, 0.2) is 23.0 Å². The molecule has 3 aromatic rings. The summed E-state index contributed by atoms with van der Waals surface area (Å²) in [5.41, 5.74) is 1.50. The van der Waals surface area contributed by atoms with Gasteiger partial charge in [-0.1, -0.05) is 0 Å². The second-order valence-electron chi connectivity index (χ2n) is 5.90. The van der Waals surface area contributed by atoms with Crippen molar-refractivity contribution in [2.75, 3.05) is 0 Å². The second-order valence-corrected chi connectivity index (χ2v) is 7.10. The molecular formula is C18H17FN2O2S. The third-order valence-corrected chi connectivity index (χ3v) is 5.36. The van der Waals surface area contributed by atoms with Crippen LogP contribution in [0.4, 0.5) is 4.39 Å². The SMILES string of the molecule is Cc1cc(C(=O)Cn2c(C)nc3sc(C)c(C)c3c2=O)ccc1F. The van der Waals surface area contributed by atoms with Crippen LogP contribution in [0.1, 0.15) is 32.2 Å². The molecule has 0 saturated carbocycles. The Morgan fingerprint density at radius 2 is 1.96 bits per heavy atom. The van der Waals surface area contributed by atoms with E-state index in [9.17, 15) is 14.0 Å². The van der Waals surface area contributed by atoms with Gasteiger partial charge in [0.15, 0.2) is 5.78 Å². The second kappa shape index (κ2) is 5.94. The monoisotopic (exact) mass is 344 g/mol. The first-order valence-electron chi connectivity index (χ1n) is 7.56. The molecule has 6 heteroatoms. The van der Waals surface area contributed by atoms with Crippen molar-refractivity contribution < 1.29 is 9.18 Å². The number of rotatable bonds is 3. The number of fused-ring (bicyclic) bond motifs is 1. The van der Waals surface area contributed by atoms with Gasteiger partial charge in [0.25, 0.3) is 5.56 Å². The van der Waals surface area contributed by atoms with Crippen LogP contribution in [0.5, 0.6) is 0 Å². The van der Waals surface area contributed by atoms with Gasteiger partial charge in [0.1, 0.15) is 16.5 Å². The van der Waals surface area contributed by atoms with Crippen molar-refractivity contribution in [2.45, 2.75) is 34.2 Å². The Labute approximate surface area is 142 Å². The van der Waals surface area contributed by atoms with E-state index < -0.39 is 0 Å². The van der Waals surface area contributed by atoms with Crippen molar-refractivity contribution in [3.63, 3.8) is 0 Å². The molecule has 3 rings (SSSR count). The lowest BCUT2D eigenvalue weighted by Crippen LogP contribution is -2.27. The first-order valence-corrected chi connectivity index (χ1v) is 8.37. The van der Waals surface area contributed by atoms with Crippen LogP contribution in [0, 0.1) is 33.5 Å². The summed E-state index contributed by atoms with van der Waals surface area (Å²) in [5.74, 6) is -0.0951. The molecule has 1 aromatic carbocycles. The number of hydrogen-bond donors (Lipinski definition) is 0. The molecule has 4 nitrogen and oxygen atoms in total. The molecule has 0 saturated heterocycles. The number of thiophene rings is 1. The Morgan fingerprint density at radius 3 is 2.62 bits per heavy atom. The number of Topliss-reactive ketones (excluding diaryl/α,β-unsaturated/α-hetero) is 1. The number of aromatic nitrogens is 2. The van der Waals surface area contributed by atoms with Crippen LogP contribution in [0.3, 0.4) is 0 Å². The highest BCUT2D eigenvalue weighted by molar-refractivity contribution is 7.18. The number of carbonyl (C=O) groups is 1. The minimum Gasteiger partial charge on any atom is -0.292 e. The van der Waals surface area contributed by atoms with Crippen LogP contribution < -0.4 is 5.56 Å². The molecule has 0 spiro atoms. The van der Waals surface area contributed by atoms with E-state index in [1.54, 1.807) is 13.8 Å². The van der Waals surface area contributed by atoms with Gasteiger partial charge in [0, 0.05) is 10.4 Å². The lowest BCUT2D eigenvalue weighted by Gasteiger charge is -2.09. The van der Waals surface area contributed by atoms with E-state index in [-0.39, 0.29) is 23.7 Å². The van der Waals surface area contributed by atoms with Crippen LogP contribution in [-0.2, 0) is 6.54 Å².